The molecule has 0 unspecified atom stereocenters. The number of nitrogens with zero attached hydrogens (tertiary/aromatic N) is 1. The molecule has 1 aromatic carbocycles. The van der Waals surface area contributed by atoms with Crippen LogP contribution in [0.3, 0.4) is 0 Å². The van der Waals surface area contributed by atoms with Crippen LogP contribution in [0.5, 0.6) is 0 Å². The Hall–Kier alpha value is -2.04. The lowest BCUT2D eigenvalue weighted by molar-refractivity contribution is -0.126. The Morgan fingerprint density at radius 1 is 1.08 bits per heavy atom. The van der Waals surface area contributed by atoms with Gasteiger partial charge in [0.05, 0.1) is 0 Å². The molecule has 1 heterocycles. The Morgan fingerprint density at radius 3 is 2.46 bits per heavy atom. The summed E-state index contributed by atoms with van der Waals surface area (Å²) in [6.07, 6.45) is 4.80. The molecule has 1 aliphatic rings. The summed E-state index contributed by atoms with van der Waals surface area (Å²) in [6.45, 7) is 4.77. The van der Waals surface area contributed by atoms with Crippen LogP contribution in [0.1, 0.15) is 44.6 Å². The molecule has 1 aromatic rings. The van der Waals surface area contributed by atoms with Crippen molar-refractivity contribution in [2.24, 2.45) is 5.92 Å². The molecule has 0 radical (unpaired) electrons. The number of amides is 3. The maximum Gasteiger partial charge on any atom is 0.317 e. The molecule has 2 rings (SSSR count). The molecule has 1 saturated heterocycles. The van der Waals surface area contributed by atoms with Gasteiger partial charge in [0.15, 0.2) is 0 Å². The van der Waals surface area contributed by atoms with Crippen LogP contribution in [0.25, 0.3) is 0 Å². The molecule has 1 fully saturated rings. The van der Waals surface area contributed by atoms with Crippen molar-refractivity contribution in [1.29, 1.82) is 0 Å². The second-order valence-corrected chi connectivity index (χ2v) is 6.40. The second-order valence-electron chi connectivity index (χ2n) is 6.40. The number of carbonyl (C=O) groups excluding carboxylic acids is 2. The van der Waals surface area contributed by atoms with Crippen LogP contribution in [-0.4, -0.2) is 36.5 Å². The van der Waals surface area contributed by atoms with Crippen LogP contribution in [-0.2, 0) is 11.3 Å². The first-order chi connectivity index (χ1) is 11.7. The Labute approximate surface area is 144 Å². The highest BCUT2D eigenvalue weighted by molar-refractivity contribution is 5.79. The third-order valence-corrected chi connectivity index (χ3v) is 4.52. The zero-order valence-corrected chi connectivity index (χ0v) is 14.6. The van der Waals surface area contributed by atoms with Gasteiger partial charge in [-0.3, -0.25) is 4.79 Å². The first-order valence-corrected chi connectivity index (χ1v) is 9.05. The Balaban J connectivity index is 1.66. The van der Waals surface area contributed by atoms with Crippen molar-refractivity contribution >= 4 is 11.9 Å². The number of piperidine rings is 1. The molecule has 0 aromatic heterocycles. The van der Waals surface area contributed by atoms with Crippen molar-refractivity contribution in [2.45, 2.75) is 45.6 Å². The molecular weight excluding hydrogens is 302 g/mol. The van der Waals surface area contributed by atoms with Crippen LogP contribution in [0, 0.1) is 5.92 Å². The average Bonchev–Trinajstić information content (AvgIpc) is 2.64. The molecule has 0 aliphatic carbocycles. The zero-order chi connectivity index (χ0) is 17.2. The van der Waals surface area contributed by atoms with E-state index in [2.05, 4.69) is 17.6 Å². The predicted octanol–water partition coefficient (Wildman–Crippen LogP) is 2.91. The third-order valence-electron chi connectivity index (χ3n) is 4.52. The number of nitrogens with one attached hydrogen (secondary N) is 2. The fraction of sp³-hybridized carbons (Fsp3) is 0.579. The highest BCUT2D eigenvalue weighted by atomic mass is 16.2. The largest absolute Gasteiger partial charge is 0.352 e. The molecule has 5 heteroatoms. The van der Waals surface area contributed by atoms with Gasteiger partial charge in [0.1, 0.15) is 0 Å². The van der Waals surface area contributed by atoms with Gasteiger partial charge in [0.2, 0.25) is 5.91 Å². The summed E-state index contributed by atoms with van der Waals surface area (Å²) < 4.78 is 0. The minimum absolute atomic E-state index is 0.00856. The molecule has 1 aliphatic heterocycles. The lowest BCUT2D eigenvalue weighted by Crippen LogP contribution is -2.47. The van der Waals surface area contributed by atoms with Gasteiger partial charge in [-0.15, -0.1) is 0 Å². The normalized spacial score (nSPS) is 15.1. The summed E-state index contributed by atoms with van der Waals surface area (Å²) >= 11 is 0. The van der Waals surface area contributed by atoms with Crippen molar-refractivity contribution in [3.63, 3.8) is 0 Å². The number of rotatable bonds is 7. The van der Waals surface area contributed by atoms with Gasteiger partial charge < -0.3 is 15.5 Å². The molecule has 3 amide bonds. The molecule has 24 heavy (non-hydrogen) atoms. The molecule has 0 spiro atoms. The number of benzene rings is 1. The van der Waals surface area contributed by atoms with Crippen LogP contribution >= 0.6 is 0 Å². The SMILES string of the molecule is CCCCCNC(=O)N1CCC(C(=O)NCc2ccccc2)CC1. The molecule has 0 saturated carbocycles. The van der Waals surface area contributed by atoms with E-state index in [4.69, 9.17) is 0 Å². The summed E-state index contributed by atoms with van der Waals surface area (Å²) in [5.74, 6) is 0.111. The first kappa shape index (κ1) is 18.3. The lowest BCUT2D eigenvalue weighted by Gasteiger charge is -2.31. The molecule has 132 valence electrons. The van der Waals surface area contributed by atoms with Crippen LogP contribution in [0.2, 0.25) is 0 Å². The zero-order valence-electron chi connectivity index (χ0n) is 14.6. The third kappa shape index (κ3) is 5.87. The second kappa shape index (κ2) is 9.96. The quantitative estimate of drug-likeness (QED) is 0.755. The monoisotopic (exact) mass is 331 g/mol. The van der Waals surface area contributed by atoms with Gasteiger partial charge in [-0.1, -0.05) is 50.1 Å². The number of likely N-dealkylation sites (tertiary alicyclic amines) is 1. The van der Waals surface area contributed by atoms with Crippen LogP contribution < -0.4 is 10.6 Å². The minimum Gasteiger partial charge on any atom is -0.352 e. The lowest BCUT2D eigenvalue weighted by atomic mass is 9.96. The van der Waals surface area contributed by atoms with Gasteiger partial charge in [0.25, 0.3) is 0 Å². The van der Waals surface area contributed by atoms with Crippen molar-refractivity contribution < 1.29 is 9.59 Å². The van der Waals surface area contributed by atoms with Gasteiger partial charge in [-0.05, 0) is 24.8 Å². The average molecular weight is 331 g/mol. The Bertz CT molecular complexity index is 511. The van der Waals surface area contributed by atoms with Crippen molar-refractivity contribution in [2.75, 3.05) is 19.6 Å². The van der Waals surface area contributed by atoms with E-state index in [0.29, 0.717) is 19.6 Å². The highest BCUT2D eigenvalue weighted by Crippen LogP contribution is 2.17. The van der Waals surface area contributed by atoms with E-state index in [-0.39, 0.29) is 17.9 Å². The molecular formula is C19H29N3O2. The maximum absolute atomic E-state index is 12.3. The van der Waals surface area contributed by atoms with Crippen molar-refractivity contribution in [1.82, 2.24) is 15.5 Å². The fourth-order valence-electron chi connectivity index (χ4n) is 2.96. The Morgan fingerprint density at radius 2 is 1.79 bits per heavy atom. The molecule has 2 N–H and O–H groups in total. The van der Waals surface area contributed by atoms with Gasteiger partial charge >= 0.3 is 6.03 Å². The van der Waals surface area contributed by atoms with E-state index >= 15 is 0 Å². The number of carbonyl (C=O) groups is 2. The summed E-state index contributed by atoms with van der Waals surface area (Å²) in [5.41, 5.74) is 1.11. The van der Waals surface area contributed by atoms with Crippen molar-refractivity contribution in [3.8, 4) is 0 Å². The van der Waals surface area contributed by atoms with E-state index in [1.165, 1.54) is 0 Å². The smallest absolute Gasteiger partial charge is 0.317 e. The number of urea groups is 1. The summed E-state index contributed by atoms with van der Waals surface area (Å²) in [6, 6.07) is 9.93. The first-order valence-electron chi connectivity index (χ1n) is 9.05. The number of hydrogen-bond acceptors (Lipinski definition) is 2. The summed E-state index contributed by atoms with van der Waals surface area (Å²) in [4.78, 5) is 26.2. The molecule has 0 atom stereocenters. The maximum atomic E-state index is 12.3. The predicted molar refractivity (Wildman–Crippen MR) is 95.5 cm³/mol. The van der Waals surface area contributed by atoms with E-state index in [1.807, 2.05) is 35.2 Å². The highest BCUT2D eigenvalue weighted by Gasteiger charge is 2.26. The number of hydrogen-bond donors (Lipinski definition) is 2. The van der Waals surface area contributed by atoms with E-state index in [9.17, 15) is 9.59 Å². The minimum atomic E-state index is 0.00856. The number of unbranched alkanes of at least 4 members (excludes halogenated alkanes) is 2. The topological polar surface area (TPSA) is 61.4 Å². The van der Waals surface area contributed by atoms with E-state index in [0.717, 1.165) is 44.2 Å². The van der Waals surface area contributed by atoms with Crippen LogP contribution in [0.15, 0.2) is 30.3 Å². The summed E-state index contributed by atoms with van der Waals surface area (Å²) in [7, 11) is 0. The summed E-state index contributed by atoms with van der Waals surface area (Å²) in [5, 5.41) is 5.97. The van der Waals surface area contributed by atoms with Crippen LogP contribution in [0.4, 0.5) is 4.79 Å². The van der Waals surface area contributed by atoms with Gasteiger partial charge in [0, 0.05) is 32.1 Å². The van der Waals surface area contributed by atoms with E-state index < -0.39 is 0 Å². The van der Waals surface area contributed by atoms with Gasteiger partial charge in [-0.25, -0.2) is 4.79 Å². The fourth-order valence-corrected chi connectivity index (χ4v) is 2.96. The van der Waals surface area contributed by atoms with Crippen molar-refractivity contribution in [3.05, 3.63) is 35.9 Å². The van der Waals surface area contributed by atoms with E-state index in [1.54, 1.807) is 0 Å². The molecule has 0 bridgehead atoms. The standard InChI is InChI=1S/C19H29N3O2/c1-2-3-7-12-20-19(24)22-13-10-17(11-14-22)18(23)21-15-16-8-5-4-6-9-16/h4-6,8-9,17H,2-3,7,10-15H2,1H3,(H,20,24)(H,21,23). The van der Waals surface area contributed by atoms with Gasteiger partial charge in [-0.2, -0.15) is 0 Å². The Kier molecular flexibility index (Phi) is 7.59. The molecule has 5 nitrogen and oxygen atoms in total.